The van der Waals surface area contributed by atoms with Crippen LogP contribution in [0.1, 0.15) is 25.3 Å². The predicted octanol–water partition coefficient (Wildman–Crippen LogP) is -1.94. The normalized spacial score (nSPS) is 14.1. The van der Waals surface area contributed by atoms with Crippen LogP contribution in [0.5, 0.6) is 0 Å². The molecule has 0 aliphatic heterocycles. The second-order valence-corrected chi connectivity index (χ2v) is 7.20. The average Bonchev–Trinajstić information content (AvgIpc) is 2.72. The third kappa shape index (κ3) is 9.78. The highest BCUT2D eigenvalue weighted by Gasteiger charge is 2.31. The number of carboxylic acid groups (broad SMARTS) is 3. The van der Waals surface area contributed by atoms with E-state index in [1.165, 1.54) is 6.92 Å². The average molecular weight is 466 g/mol. The number of hydrogen-bond donors (Lipinski definition) is 7. The van der Waals surface area contributed by atoms with Gasteiger partial charge in [0, 0.05) is 6.42 Å². The lowest BCUT2D eigenvalue weighted by atomic mass is 10.0. The van der Waals surface area contributed by atoms with Crippen LogP contribution in [0.2, 0.25) is 0 Å². The van der Waals surface area contributed by atoms with Gasteiger partial charge < -0.3 is 37.0 Å². The van der Waals surface area contributed by atoms with Gasteiger partial charge in [-0.1, -0.05) is 30.3 Å². The minimum absolute atomic E-state index is 0.126. The number of carbonyl (C=O) groups is 6. The van der Waals surface area contributed by atoms with Crippen LogP contribution in [-0.4, -0.2) is 75.1 Å². The molecule has 0 radical (unpaired) electrons. The summed E-state index contributed by atoms with van der Waals surface area (Å²) in [6, 6.07) is 2.51. The van der Waals surface area contributed by atoms with Crippen molar-refractivity contribution in [3.8, 4) is 0 Å². The van der Waals surface area contributed by atoms with E-state index < -0.39 is 72.6 Å². The van der Waals surface area contributed by atoms with Crippen molar-refractivity contribution in [2.45, 2.75) is 50.4 Å². The molecule has 0 saturated heterocycles. The highest BCUT2D eigenvalue weighted by atomic mass is 16.4. The summed E-state index contributed by atoms with van der Waals surface area (Å²) in [5.74, 6) is -7.29. The Morgan fingerprint density at radius 3 is 1.70 bits per heavy atom. The number of nitrogens with two attached hydrogens (primary N) is 1. The number of nitrogens with one attached hydrogen (secondary N) is 3. The molecule has 0 saturated carbocycles. The first kappa shape index (κ1) is 27.0. The maximum Gasteiger partial charge on any atom is 0.326 e. The van der Waals surface area contributed by atoms with Gasteiger partial charge in [0.15, 0.2) is 0 Å². The van der Waals surface area contributed by atoms with E-state index in [4.69, 9.17) is 15.9 Å². The molecule has 4 atom stereocenters. The molecule has 0 aromatic heterocycles. The van der Waals surface area contributed by atoms with E-state index in [0.717, 1.165) is 0 Å². The number of rotatable bonds is 13. The van der Waals surface area contributed by atoms with E-state index in [1.807, 2.05) is 0 Å². The van der Waals surface area contributed by atoms with Crippen molar-refractivity contribution >= 4 is 35.6 Å². The molecule has 0 spiro atoms. The van der Waals surface area contributed by atoms with Crippen LogP contribution in [0, 0.1) is 0 Å². The number of benzene rings is 1. The van der Waals surface area contributed by atoms with Crippen LogP contribution in [0.4, 0.5) is 0 Å². The third-order valence-corrected chi connectivity index (χ3v) is 4.33. The summed E-state index contributed by atoms with van der Waals surface area (Å²) in [5, 5.41) is 33.6. The Kier molecular flexibility index (Phi) is 10.5. The molecular formula is C20H26N4O9. The molecule has 13 nitrogen and oxygen atoms in total. The molecule has 0 heterocycles. The van der Waals surface area contributed by atoms with E-state index in [9.17, 15) is 33.9 Å². The second-order valence-electron chi connectivity index (χ2n) is 7.20. The predicted molar refractivity (Wildman–Crippen MR) is 112 cm³/mol. The van der Waals surface area contributed by atoms with Gasteiger partial charge in [0.1, 0.15) is 18.1 Å². The lowest BCUT2D eigenvalue weighted by molar-refractivity contribution is -0.147. The van der Waals surface area contributed by atoms with Gasteiger partial charge >= 0.3 is 17.9 Å². The Balaban J connectivity index is 3.12. The fraction of sp³-hybridized carbons (Fsp3) is 0.400. The molecule has 1 aromatic rings. The van der Waals surface area contributed by atoms with Crippen LogP contribution in [0.25, 0.3) is 0 Å². The first-order valence-corrected chi connectivity index (χ1v) is 9.77. The zero-order valence-electron chi connectivity index (χ0n) is 17.7. The Labute approximate surface area is 188 Å². The van der Waals surface area contributed by atoms with Gasteiger partial charge in [-0.3, -0.25) is 24.0 Å². The molecule has 8 N–H and O–H groups in total. The smallest absolute Gasteiger partial charge is 0.326 e. The first-order chi connectivity index (χ1) is 15.4. The van der Waals surface area contributed by atoms with Gasteiger partial charge in [-0.15, -0.1) is 0 Å². The topological polar surface area (TPSA) is 225 Å². The lowest BCUT2D eigenvalue weighted by Crippen LogP contribution is -2.58. The van der Waals surface area contributed by atoms with Crippen LogP contribution < -0.4 is 21.7 Å². The summed E-state index contributed by atoms with van der Waals surface area (Å²) >= 11 is 0. The van der Waals surface area contributed by atoms with Crippen molar-refractivity contribution in [2.75, 3.05) is 0 Å². The van der Waals surface area contributed by atoms with Gasteiger partial charge in [0.2, 0.25) is 17.7 Å². The summed E-state index contributed by atoms with van der Waals surface area (Å²) < 4.78 is 0. The fourth-order valence-corrected chi connectivity index (χ4v) is 2.67. The molecular weight excluding hydrogens is 440 g/mol. The number of carboxylic acids is 3. The molecule has 0 aliphatic carbocycles. The molecule has 13 heteroatoms. The summed E-state index contributed by atoms with van der Waals surface area (Å²) in [6.07, 6.45) is -1.83. The maximum atomic E-state index is 12.7. The Hall–Kier alpha value is -4.00. The van der Waals surface area contributed by atoms with E-state index in [1.54, 1.807) is 30.3 Å². The standard InChI is InChI=1S/C20H26N4O9/c1-10(21)17(29)22-13(8-15(25)26)19(31)23-12(7-11-5-3-2-4-6-11)18(30)24-14(20(32)33)9-16(27)28/h2-6,10,12-14H,7-9,21H2,1H3,(H,22,29)(H,23,31)(H,24,30)(H,25,26)(H,27,28)(H,32,33). The second kappa shape index (κ2) is 12.8. The van der Waals surface area contributed by atoms with E-state index in [0.29, 0.717) is 5.56 Å². The van der Waals surface area contributed by atoms with Crippen molar-refractivity contribution < 1.29 is 44.1 Å². The summed E-state index contributed by atoms with van der Waals surface area (Å²) in [7, 11) is 0. The minimum atomic E-state index is -1.77. The molecule has 0 aliphatic rings. The largest absolute Gasteiger partial charge is 0.481 e. The molecule has 1 rings (SSSR count). The fourth-order valence-electron chi connectivity index (χ4n) is 2.67. The zero-order chi connectivity index (χ0) is 25.1. The number of amides is 3. The van der Waals surface area contributed by atoms with Crippen molar-refractivity contribution in [3.63, 3.8) is 0 Å². The van der Waals surface area contributed by atoms with E-state index >= 15 is 0 Å². The van der Waals surface area contributed by atoms with Crippen molar-refractivity contribution in [1.82, 2.24) is 16.0 Å². The van der Waals surface area contributed by atoms with E-state index in [2.05, 4.69) is 16.0 Å². The number of hydrogen-bond acceptors (Lipinski definition) is 7. The molecule has 1 aromatic carbocycles. The van der Waals surface area contributed by atoms with Gasteiger partial charge in [0.25, 0.3) is 0 Å². The summed E-state index contributed by atoms with van der Waals surface area (Å²) in [6.45, 7) is 1.32. The van der Waals surface area contributed by atoms with Gasteiger partial charge in [-0.2, -0.15) is 0 Å². The maximum absolute atomic E-state index is 12.7. The molecule has 33 heavy (non-hydrogen) atoms. The number of carbonyl (C=O) groups excluding carboxylic acids is 3. The monoisotopic (exact) mass is 466 g/mol. The summed E-state index contributed by atoms with van der Waals surface area (Å²) in [4.78, 5) is 70.7. The molecule has 0 bridgehead atoms. The van der Waals surface area contributed by atoms with Crippen LogP contribution in [0.15, 0.2) is 30.3 Å². The zero-order valence-corrected chi connectivity index (χ0v) is 17.7. The van der Waals surface area contributed by atoms with Gasteiger partial charge in [0.05, 0.1) is 18.9 Å². The van der Waals surface area contributed by atoms with E-state index in [-0.39, 0.29) is 6.42 Å². The molecule has 3 amide bonds. The van der Waals surface area contributed by atoms with Crippen LogP contribution >= 0.6 is 0 Å². The Morgan fingerprint density at radius 2 is 1.21 bits per heavy atom. The van der Waals surface area contributed by atoms with Crippen LogP contribution in [0.3, 0.4) is 0 Å². The SMILES string of the molecule is CC(N)C(=O)NC(CC(=O)O)C(=O)NC(Cc1ccccc1)C(=O)NC(CC(=O)O)C(=O)O. The number of aliphatic carboxylic acids is 3. The lowest BCUT2D eigenvalue weighted by Gasteiger charge is -2.24. The molecule has 0 fully saturated rings. The molecule has 4 unspecified atom stereocenters. The van der Waals surface area contributed by atoms with Crippen molar-refractivity contribution in [2.24, 2.45) is 5.73 Å². The highest BCUT2D eigenvalue weighted by molar-refractivity contribution is 5.96. The highest BCUT2D eigenvalue weighted by Crippen LogP contribution is 2.06. The van der Waals surface area contributed by atoms with Crippen LogP contribution in [-0.2, 0) is 35.2 Å². The van der Waals surface area contributed by atoms with Gasteiger partial charge in [-0.05, 0) is 12.5 Å². The third-order valence-electron chi connectivity index (χ3n) is 4.33. The Morgan fingerprint density at radius 1 is 0.758 bits per heavy atom. The molecule has 180 valence electrons. The van der Waals surface area contributed by atoms with Crippen molar-refractivity contribution in [3.05, 3.63) is 35.9 Å². The van der Waals surface area contributed by atoms with Gasteiger partial charge in [-0.25, -0.2) is 4.79 Å². The quantitative estimate of drug-likeness (QED) is 0.170. The first-order valence-electron chi connectivity index (χ1n) is 9.77. The summed E-state index contributed by atoms with van der Waals surface area (Å²) in [5.41, 5.74) is 6.00. The Bertz CT molecular complexity index is 889. The minimum Gasteiger partial charge on any atom is -0.481 e. The van der Waals surface area contributed by atoms with Crippen molar-refractivity contribution in [1.29, 1.82) is 0 Å².